The van der Waals surface area contributed by atoms with Crippen molar-refractivity contribution in [3.8, 4) is 11.5 Å². The predicted molar refractivity (Wildman–Crippen MR) is 92.7 cm³/mol. The molecule has 2 aromatic rings. The number of hydrogen-bond donors (Lipinski definition) is 1. The summed E-state index contributed by atoms with van der Waals surface area (Å²) in [5, 5.41) is 8.13. The number of rotatable bonds is 3. The minimum absolute atomic E-state index is 0.297. The Morgan fingerprint density at radius 2 is 2.16 bits per heavy atom. The van der Waals surface area contributed by atoms with Crippen molar-refractivity contribution in [3.63, 3.8) is 0 Å². The van der Waals surface area contributed by atoms with Gasteiger partial charge in [0.1, 0.15) is 5.69 Å². The normalized spacial score (nSPS) is 23.5. The van der Waals surface area contributed by atoms with Crippen molar-refractivity contribution < 1.29 is 4.79 Å². The molecule has 2 aliphatic heterocycles. The lowest BCUT2D eigenvalue weighted by Gasteiger charge is -2.34. The molecule has 25 heavy (non-hydrogen) atoms. The van der Waals surface area contributed by atoms with Gasteiger partial charge in [-0.1, -0.05) is 0 Å². The molecule has 2 fully saturated rings. The fraction of sp³-hybridized carbons (Fsp3) is 0.611. The highest BCUT2D eigenvalue weighted by Crippen LogP contribution is 2.34. The summed E-state index contributed by atoms with van der Waals surface area (Å²) in [4.78, 5) is 19.1. The van der Waals surface area contributed by atoms with Gasteiger partial charge in [-0.3, -0.25) is 9.48 Å². The summed E-state index contributed by atoms with van der Waals surface area (Å²) >= 11 is 0. The van der Waals surface area contributed by atoms with Gasteiger partial charge in [-0.15, -0.1) is 0 Å². The number of nitrogens with zero attached hydrogens (tertiary/aromatic N) is 5. The number of aromatic nitrogens is 4. The predicted octanol–water partition coefficient (Wildman–Crippen LogP) is 1.42. The van der Waals surface area contributed by atoms with Crippen molar-refractivity contribution in [3.05, 3.63) is 24.2 Å². The summed E-state index contributed by atoms with van der Waals surface area (Å²) in [6.07, 6.45) is 8.20. The smallest absolute Gasteiger partial charge is 0.225 e. The molecular formula is C18H24N6O. The molecule has 1 saturated carbocycles. The average molecular weight is 340 g/mol. The molecule has 7 nitrogen and oxygen atoms in total. The van der Waals surface area contributed by atoms with E-state index in [0.717, 1.165) is 69.9 Å². The average Bonchev–Trinajstić information content (AvgIpc) is 3.22. The first-order valence-electron chi connectivity index (χ1n) is 9.39. The van der Waals surface area contributed by atoms with Gasteiger partial charge < -0.3 is 14.8 Å². The monoisotopic (exact) mass is 340 g/mol. The Hall–Kier alpha value is -2.15. The van der Waals surface area contributed by atoms with Gasteiger partial charge in [0.2, 0.25) is 5.91 Å². The van der Waals surface area contributed by atoms with E-state index >= 15 is 0 Å². The fourth-order valence-corrected chi connectivity index (χ4v) is 4.08. The van der Waals surface area contributed by atoms with E-state index in [1.165, 1.54) is 5.69 Å². The SMILES string of the molecule is O=C(C1CC1)N1CCC[C@H](n2ccnc2-c2cc3n(n2)CCNC3)C1. The molecule has 0 unspecified atom stereocenters. The number of amides is 1. The number of imidazole rings is 1. The maximum atomic E-state index is 12.4. The van der Waals surface area contributed by atoms with Crippen LogP contribution in [0.5, 0.6) is 0 Å². The van der Waals surface area contributed by atoms with E-state index in [2.05, 4.69) is 30.5 Å². The van der Waals surface area contributed by atoms with Crippen LogP contribution in [0.15, 0.2) is 18.5 Å². The number of nitrogens with one attached hydrogen (secondary N) is 1. The second-order valence-corrected chi connectivity index (χ2v) is 7.43. The Morgan fingerprint density at radius 3 is 3.00 bits per heavy atom. The van der Waals surface area contributed by atoms with Crippen molar-refractivity contribution >= 4 is 5.91 Å². The maximum Gasteiger partial charge on any atom is 0.225 e. The highest BCUT2D eigenvalue weighted by molar-refractivity contribution is 5.81. The van der Waals surface area contributed by atoms with E-state index in [0.29, 0.717) is 17.9 Å². The zero-order valence-electron chi connectivity index (χ0n) is 14.4. The molecule has 2 aromatic heterocycles. The van der Waals surface area contributed by atoms with Gasteiger partial charge in [0.15, 0.2) is 5.82 Å². The van der Waals surface area contributed by atoms with Crippen LogP contribution in [-0.4, -0.2) is 49.8 Å². The lowest BCUT2D eigenvalue weighted by atomic mass is 10.0. The minimum atomic E-state index is 0.297. The van der Waals surface area contributed by atoms with Crippen LogP contribution < -0.4 is 5.32 Å². The van der Waals surface area contributed by atoms with Gasteiger partial charge in [0.25, 0.3) is 0 Å². The molecule has 1 atom stereocenters. The summed E-state index contributed by atoms with van der Waals surface area (Å²) < 4.78 is 4.31. The Balaban J connectivity index is 1.40. The molecule has 0 radical (unpaired) electrons. The minimum Gasteiger partial charge on any atom is -0.340 e. The van der Waals surface area contributed by atoms with E-state index in [1.54, 1.807) is 0 Å². The molecule has 0 aromatic carbocycles. The van der Waals surface area contributed by atoms with E-state index in [1.807, 2.05) is 12.4 Å². The first kappa shape index (κ1) is 15.1. The molecule has 7 heteroatoms. The van der Waals surface area contributed by atoms with Gasteiger partial charge in [0, 0.05) is 44.5 Å². The van der Waals surface area contributed by atoms with E-state index in [4.69, 9.17) is 5.10 Å². The first-order chi connectivity index (χ1) is 12.3. The largest absolute Gasteiger partial charge is 0.340 e. The van der Waals surface area contributed by atoms with Gasteiger partial charge >= 0.3 is 0 Å². The molecule has 3 aliphatic rings. The quantitative estimate of drug-likeness (QED) is 0.918. The van der Waals surface area contributed by atoms with Crippen molar-refractivity contribution in [2.45, 2.75) is 44.8 Å². The van der Waals surface area contributed by atoms with Gasteiger partial charge in [-0.05, 0) is 31.7 Å². The van der Waals surface area contributed by atoms with Crippen LogP contribution in [0.2, 0.25) is 0 Å². The molecule has 1 aliphatic carbocycles. The maximum absolute atomic E-state index is 12.4. The summed E-state index contributed by atoms with van der Waals surface area (Å²) in [7, 11) is 0. The number of piperidine rings is 1. The standard InChI is InChI=1S/C18H24N6O/c25-18(13-3-4-13)22-7-1-2-14(12-22)23-8-6-20-17(23)16-10-15-11-19-5-9-24(15)21-16/h6,8,10,13-14,19H,1-5,7,9,11-12H2/t14-/m0/s1. The Morgan fingerprint density at radius 1 is 1.24 bits per heavy atom. The topological polar surface area (TPSA) is 68.0 Å². The lowest BCUT2D eigenvalue weighted by Crippen LogP contribution is -2.41. The molecular weight excluding hydrogens is 316 g/mol. The van der Waals surface area contributed by atoms with E-state index in [9.17, 15) is 4.79 Å². The van der Waals surface area contributed by atoms with Gasteiger partial charge in [-0.25, -0.2) is 4.98 Å². The van der Waals surface area contributed by atoms with Gasteiger partial charge in [0.05, 0.1) is 18.3 Å². The fourth-order valence-electron chi connectivity index (χ4n) is 4.08. The molecule has 1 saturated heterocycles. The number of likely N-dealkylation sites (tertiary alicyclic amines) is 1. The highest BCUT2D eigenvalue weighted by atomic mass is 16.2. The summed E-state index contributed by atoms with van der Waals surface area (Å²) in [6.45, 7) is 4.43. The molecule has 5 rings (SSSR count). The van der Waals surface area contributed by atoms with Crippen LogP contribution in [0.1, 0.15) is 37.4 Å². The summed E-state index contributed by atoms with van der Waals surface area (Å²) in [6, 6.07) is 2.44. The first-order valence-corrected chi connectivity index (χ1v) is 9.39. The third-order valence-corrected chi connectivity index (χ3v) is 5.60. The van der Waals surface area contributed by atoms with Crippen LogP contribution in [0.3, 0.4) is 0 Å². The molecule has 0 bridgehead atoms. The van der Waals surface area contributed by atoms with Crippen LogP contribution >= 0.6 is 0 Å². The molecule has 1 N–H and O–H groups in total. The van der Waals surface area contributed by atoms with Gasteiger partial charge in [-0.2, -0.15) is 5.10 Å². The molecule has 1 amide bonds. The number of carbonyl (C=O) groups is 1. The second-order valence-electron chi connectivity index (χ2n) is 7.43. The number of fused-ring (bicyclic) bond motifs is 1. The zero-order valence-corrected chi connectivity index (χ0v) is 14.4. The highest BCUT2D eigenvalue weighted by Gasteiger charge is 2.36. The second kappa shape index (κ2) is 5.98. The Bertz CT molecular complexity index is 766. The van der Waals surface area contributed by atoms with Crippen LogP contribution in [0, 0.1) is 5.92 Å². The van der Waals surface area contributed by atoms with Crippen molar-refractivity contribution in [1.82, 2.24) is 29.5 Å². The van der Waals surface area contributed by atoms with E-state index in [-0.39, 0.29) is 0 Å². The van der Waals surface area contributed by atoms with Crippen LogP contribution in [-0.2, 0) is 17.9 Å². The van der Waals surface area contributed by atoms with Crippen molar-refractivity contribution in [2.75, 3.05) is 19.6 Å². The van der Waals surface area contributed by atoms with E-state index < -0.39 is 0 Å². The number of hydrogen-bond acceptors (Lipinski definition) is 4. The number of carbonyl (C=O) groups excluding carboxylic acids is 1. The third-order valence-electron chi connectivity index (χ3n) is 5.60. The van der Waals surface area contributed by atoms with Crippen molar-refractivity contribution in [2.24, 2.45) is 5.92 Å². The summed E-state index contributed by atoms with van der Waals surface area (Å²) in [5.41, 5.74) is 2.15. The van der Waals surface area contributed by atoms with Crippen LogP contribution in [0.25, 0.3) is 11.5 Å². The molecule has 0 spiro atoms. The Labute approximate surface area is 147 Å². The van der Waals surface area contributed by atoms with Crippen molar-refractivity contribution in [1.29, 1.82) is 0 Å². The molecule has 4 heterocycles. The Kier molecular flexibility index (Phi) is 3.62. The molecule has 132 valence electrons. The van der Waals surface area contributed by atoms with Crippen LogP contribution in [0.4, 0.5) is 0 Å². The zero-order chi connectivity index (χ0) is 16.8. The third kappa shape index (κ3) is 2.76. The summed E-state index contributed by atoms with van der Waals surface area (Å²) in [5.74, 6) is 1.58. The lowest BCUT2D eigenvalue weighted by molar-refractivity contribution is -0.134.